The van der Waals surface area contributed by atoms with Gasteiger partial charge in [-0.3, -0.25) is 58.8 Å². The summed E-state index contributed by atoms with van der Waals surface area (Å²) in [6.07, 6.45) is 19.1. The van der Waals surface area contributed by atoms with Gasteiger partial charge in [-0.15, -0.1) is 0 Å². The van der Waals surface area contributed by atoms with E-state index in [9.17, 15) is 48.9 Å². The van der Waals surface area contributed by atoms with Crippen molar-refractivity contribution in [2.24, 2.45) is 59.0 Å². The fourth-order valence-corrected chi connectivity index (χ4v) is 21.4. The molecule has 588 valence electrons. The van der Waals surface area contributed by atoms with Crippen LogP contribution in [0.4, 0.5) is 0 Å². The molecule has 0 aromatic heterocycles. The first-order valence-electron chi connectivity index (χ1n) is 40.9. The minimum absolute atomic E-state index is 0.0109. The molecule has 26 atom stereocenters. The molecule has 15 fully saturated rings. The van der Waals surface area contributed by atoms with Gasteiger partial charge in [0.05, 0.1) is 43.9 Å². The molecule has 2 aromatic carbocycles. The molecule has 2 bridgehead atoms. The highest BCUT2D eigenvalue weighted by molar-refractivity contribution is 6.05. The van der Waals surface area contributed by atoms with E-state index in [0.717, 1.165) is 122 Å². The second kappa shape index (κ2) is 35.3. The number of Topliss-reactive ketones (excluding diaryl/α,β-unsaturated/α-hetero) is 2. The number of nitrogens with two attached hydrogens (primary N) is 1. The predicted molar refractivity (Wildman–Crippen MR) is 400 cm³/mol. The Balaban J connectivity index is 0.000000121. The van der Waals surface area contributed by atoms with E-state index in [4.69, 9.17) is 20.5 Å². The van der Waals surface area contributed by atoms with Gasteiger partial charge >= 0.3 is 0 Å². The zero-order valence-corrected chi connectivity index (χ0v) is 64.7. The van der Waals surface area contributed by atoms with Crippen LogP contribution in [0.15, 0.2) is 60.7 Å². The van der Waals surface area contributed by atoms with E-state index in [2.05, 4.69) is 94.0 Å². The summed E-state index contributed by atoms with van der Waals surface area (Å²) in [7, 11) is 0. The number of nitrogens with one attached hydrogen (secondary N) is 2. The standard InChI is InChI=1S/2C17H22N2O2.C16H27N3O3.2C11H19NO2.C10H18N2O2/c2*1-12-7-8-15-9-14-11-21-18(16(14)17(20)19(12)15)10-13-5-3-2-4-6-13;1-9-15(21)6-17-10(2)18-13-7-19-12(5-11(13)8-20)3-4-14(19)16(9)22;2*1-7-3-4-10-5-9(6-13)8(2)11(14)12(7)10;1-6-2-3-8-4-7(5-13)9(11)10(14)12(6)8/h2*2-6,12,14-16H,7-11H2,1H3;9-14,17-18,20H,3-8H2,1-2H3;2*7-10,13H,3-6H2,1-2H3;6-9,13H,2-5,11H2,1H3. The van der Waals surface area contributed by atoms with E-state index in [1.54, 1.807) is 6.92 Å². The number of carbonyl (C=O) groups excluding carboxylic acids is 7. The zero-order valence-electron chi connectivity index (χ0n) is 64.7. The summed E-state index contributed by atoms with van der Waals surface area (Å²) < 4.78 is 0. The Morgan fingerprint density at radius 1 is 0.434 bits per heavy atom. The minimum Gasteiger partial charge on any atom is -0.396 e. The Kier molecular flexibility index (Phi) is 26.7. The van der Waals surface area contributed by atoms with Crippen LogP contribution in [0.2, 0.25) is 0 Å². The van der Waals surface area contributed by atoms with Crippen LogP contribution in [0.3, 0.4) is 0 Å². The molecular formula is C82H127N11O13. The van der Waals surface area contributed by atoms with Gasteiger partial charge in [0.15, 0.2) is 11.6 Å². The number of benzene rings is 2. The number of fused-ring (bicyclic) bond motifs is 8. The van der Waals surface area contributed by atoms with Gasteiger partial charge in [0, 0.05) is 154 Å². The molecule has 15 heterocycles. The lowest BCUT2D eigenvalue weighted by Gasteiger charge is -2.43. The number of ketones is 2. The number of rotatable bonds is 8. The second-order valence-electron chi connectivity index (χ2n) is 34.4. The molecule has 15 saturated heterocycles. The maximum absolute atomic E-state index is 12.9. The highest BCUT2D eigenvalue weighted by atomic mass is 16.7. The van der Waals surface area contributed by atoms with Crippen molar-refractivity contribution in [1.82, 2.24) is 50.2 Å². The van der Waals surface area contributed by atoms with Crippen LogP contribution >= 0.6 is 0 Å². The van der Waals surface area contributed by atoms with Crippen molar-refractivity contribution < 1.29 is 63.7 Å². The number of hydroxylamine groups is 4. The molecule has 8 N–H and O–H groups in total. The topological polar surface area (TPSA) is 295 Å². The Bertz CT molecular complexity index is 3110. The van der Waals surface area contributed by atoms with E-state index >= 15 is 0 Å². The molecule has 24 heteroatoms. The lowest BCUT2D eigenvalue weighted by molar-refractivity contribution is -0.169. The number of aliphatic hydroxyl groups excluding tert-OH is 4. The molecule has 0 radical (unpaired) electrons. The summed E-state index contributed by atoms with van der Waals surface area (Å²) in [6, 6.07) is 24.2. The lowest BCUT2D eigenvalue weighted by atomic mass is 9.83. The van der Waals surface area contributed by atoms with Crippen molar-refractivity contribution in [3.63, 3.8) is 0 Å². The van der Waals surface area contributed by atoms with E-state index in [1.807, 2.05) is 72.2 Å². The smallest absolute Gasteiger partial charge is 0.243 e. The number of amides is 5. The molecule has 24 nitrogen and oxygen atoms in total. The Labute approximate surface area is 629 Å². The molecule has 15 aliphatic heterocycles. The van der Waals surface area contributed by atoms with Gasteiger partial charge < -0.3 is 50.7 Å². The number of hydrogen-bond donors (Lipinski definition) is 7. The molecule has 0 aliphatic carbocycles. The van der Waals surface area contributed by atoms with Crippen molar-refractivity contribution in [1.29, 1.82) is 0 Å². The molecule has 2 aromatic rings. The molecule has 17 rings (SSSR count). The first-order valence-corrected chi connectivity index (χ1v) is 40.9. The zero-order chi connectivity index (χ0) is 75.5. The predicted octanol–water partition coefficient (Wildman–Crippen LogP) is 5.65. The van der Waals surface area contributed by atoms with Gasteiger partial charge in [-0.25, -0.2) is 0 Å². The van der Waals surface area contributed by atoms with Gasteiger partial charge in [0.25, 0.3) is 0 Å². The van der Waals surface area contributed by atoms with Crippen LogP contribution in [0, 0.1) is 53.3 Å². The Morgan fingerprint density at radius 2 is 0.802 bits per heavy atom. The van der Waals surface area contributed by atoms with Crippen molar-refractivity contribution in [2.45, 2.75) is 294 Å². The Morgan fingerprint density at radius 3 is 1.22 bits per heavy atom. The molecule has 5 amide bonds. The SMILES string of the molecule is CC1C(=O)N2C(C)CCC2CC1CO.CC1C(=O)N2C(C)CCC2CC1CO.CC1CCC2CC(CO)C(N)C(=O)N12.CC1CCC2CC3CON(Cc4ccccc4)C3C(=O)N12.CC1CCC2CC3CON(Cc4ccccc4)C3C(=O)N12.CC1NCC(=O)C(C)C(=O)C2CCC3CC(CO)C(CN32)N1. The minimum atomic E-state index is -0.532. The molecule has 0 saturated carbocycles. The normalized spacial score (nSPS) is 40.3. The van der Waals surface area contributed by atoms with Gasteiger partial charge in [0.2, 0.25) is 29.5 Å². The number of hydrogen-bond acceptors (Lipinski definition) is 19. The third-order valence-electron chi connectivity index (χ3n) is 27.8. The summed E-state index contributed by atoms with van der Waals surface area (Å²) in [5.74, 6) is 1.95. The fourth-order valence-electron chi connectivity index (χ4n) is 21.4. The average Bonchev–Trinajstić information content (AvgIpc) is 1.61. The largest absolute Gasteiger partial charge is 0.396 e. The molecule has 26 unspecified atom stereocenters. The maximum atomic E-state index is 12.9. The van der Waals surface area contributed by atoms with Crippen LogP contribution in [-0.2, 0) is 56.3 Å². The third-order valence-corrected chi connectivity index (χ3v) is 27.8. The summed E-state index contributed by atoms with van der Waals surface area (Å²) >= 11 is 0. The number of aliphatic hydroxyl groups is 4. The van der Waals surface area contributed by atoms with Crippen molar-refractivity contribution in [3.8, 4) is 0 Å². The summed E-state index contributed by atoms with van der Waals surface area (Å²) in [6.45, 7) is 22.6. The quantitative estimate of drug-likeness (QED) is 0.157. The average molecular weight is 1470 g/mol. The highest BCUT2D eigenvalue weighted by Gasteiger charge is 2.55. The highest BCUT2D eigenvalue weighted by Crippen LogP contribution is 2.45. The van der Waals surface area contributed by atoms with E-state index < -0.39 is 12.0 Å². The molecule has 15 aliphatic rings. The van der Waals surface area contributed by atoms with Crippen LogP contribution in [0.1, 0.15) is 189 Å². The van der Waals surface area contributed by atoms with Gasteiger partial charge in [-0.1, -0.05) is 74.5 Å². The first-order chi connectivity index (χ1) is 50.9. The number of piperidine rings is 6. The van der Waals surface area contributed by atoms with Crippen LogP contribution < -0.4 is 16.4 Å². The van der Waals surface area contributed by atoms with Gasteiger partial charge in [0.1, 0.15) is 12.1 Å². The van der Waals surface area contributed by atoms with Crippen LogP contribution in [0.5, 0.6) is 0 Å². The summed E-state index contributed by atoms with van der Waals surface area (Å²) in [5.41, 5.74) is 8.19. The maximum Gasteiger partial charge on any atom is 0.243 e. The second-order valence-corrected chi connectivity index (χ2v) is 34.4. The third kappa shape index (κ3) is 16.9. The molecular weight excluding hydrogens is 1350 g/mol. The van der Waals surface area contributed by atoms with Gasteiger partial charge in [-0.05, 0) is 187 Å². The van der Waals surface area contributed by atoms with Gasteiger partial charge in [-0.2, -0.15) is 10.1 Å². The fraction of sp³-hybridized carbons (Fsp3) is 0.768. The lowest BCUT2D eigenvalue weighted by Crippen LogP contribution is -2.59. The van der Waals surface area contributed by atoms with Crippen molar-refractivity contribution in [3.05, 3.63) is 71.8 Å². The molecule has 106 heavy (non-hydrogen) atoms. The number of nitrogens with zero attached hydrogens (tertiary/aromatic N) is 8. The van der Waals surface area contributed by atoms with Crippen LogP contribution in [0.25, 0.3) is 0 Å². The summed E-state index contributed by atoms with van der Waals surface area (Å²) in [4.78, 5) is 111. The molecule has 0 spiro atoms. The number of carbonyl (C=O) groups is 7. The van der Waals surface area contributed by atoms with E-state index in [0.29, 0.717) is 105 Å². The Hall–Kier alpha value is -5.35. The monoisotopic (exact) mass is 1470 g/mol. The summed E-state index contributed by atoms with van der Waals surface area (Å²) in [5, 5.41) is 47.7. The van der Waals surface area contributed by atoms with E-state index in [1.165, 1.54) is 11.1 Å². The van der Waals surface area contributed by atoms with E-state index in [-0.39, 0.29) is 140 Å². The van der Waals surface area contributed by atoms with Crippen molar-refractivity contribution >= 4 is 41.1 Å². The van der Waals surface area contributed by atoms with Crippen molar-refractivity contribution in [2.75, 3.05) is 52.7 Å². The van der Waals surface area contributed by atoms with Crippen LogP contribution in [-0.4, -0.2) is 257 Å². The first kappa shape index (κ1) is 80.2.